The van der Waals surface area contributed by atoms with Crippen LogP contribution in [0.2, 0.25) is 0 Å². The van der Waals surface area contributed by atoms with Gasteiger partial charge in [-0.15, -0.1) is 0 Å². The first-order valence-corrected chi connectivity index (χ1v) is 19.4. The van der Waals surface area contributed by atoms with E-state index in [0.29, 0.717) is 29.3 Å². The van der Waals surface area contributed by atoms with Crippen LogP contribution in [0.25, 0.3) is 16.9 Å². The number of hydrogen-bond acceptors (Lipinski definition) is 8. The third-order valence-corrected chi connectivity index (χ3v) is 13.0. The van der Waals surface area contributed by atoms with Crippen molar-refractivity contribution in [3.8, 4) is 11.3 Å². The molecule has 2 saturated heterocycles. The Morgan fingerprint density at radius 2 is 1.72 bits per heavy atom. The van der Waals surface area contributed by atoms with Crippen LogP contribution in [0.5, 0.6) is 0 Å². The Kier molecular flexibility index (Phi) is 8.83. The van der Waals surface area contributed by atoms with Gasteiger partial charge in [0.15, 0.2) is 0 Å². The fraction of sp³-hybridized carbons (Fsp3) is 0.289. The van der Waals surface area contributed by atoms with E-state index < -0.39 is 30.0 Å². The van der Waals surface area contributed by atoms with E-state index in [1.54, 1.807) is 12.3 Å². The number of benzene rings is 3. The molecule has 3 aliphatic heterocycles. The average molecular weight is 783 g/mol. The Morgan fingerprint density at radius 3 is 2.50 bits per heavy atom. The molecule has 3 N–H and O–H groups in total. The van der Waals surface area contributed by atoms with Crippen molar-refractivity contribution in [1.82, 2.24) is 27.7 Å². The molecule has 8 rings (SSSR count). The second-order valence-corrected chi connectivity index (χ2v) is 16.0. The number of aliphatic hydroxyl groups excluding tert-OH is 1. The minimum atomic E-state index is -0.940. The summed E-state index contributed by atoms with van der Waals surface area (Å²) in [7, 11) is 0. The first kappa shape index (κ1) is 32.5. The molecule has 2 atom stereocenters. The number of anilines is 2. The summed E-state index contributed by atoms with van der Waals surface area (Å²) in [6.07, 6.45) is 7.45. The van der Waals surface area contributed by atoms with Crippen LogP contribution in [0.3, 0.4) is 0 Å². The second kappa shape index (κ2) is 13.6. The van der Waals surface area contributed by atoms with E-state index in [0.717, 1.165) is 63.4 Å². The zero-order chi connectivity index (χ0) is 34.4. The summed E-state index contributed by atoms with van der Waals surface area (Å²) in [6.45, 7) is 4.15. The number of carbonyl (C=O) groups excluding carboxylic acids is 3. The van der Waals surface area contributed by atoms with E-state index >= 15 is 0 Å². The molecule has 12 heteroatoms. The topological polar surface area (TPSA) is 132 Å². The third kappa shape index (κ3) is 6.27. The number of imidazole rings is 1. The quantitative estimate of drug-likeness (QED) is 0.0945. The van der Waals surface area contributed by atoms with Gasteiger partial charge in [-0.1, -0.05) is 23.8 Å². The SMILES string of the molecule is Cc1cccc(-c2cnc(Nc3ccc(C4CCN([I-]Cc5ccc6c(c5)C(=O)N(C5CCC(O)NC5=O)C6=O)CC4)cc3)c3nccn23)c1. The number of alkyl halides is 1. The molecule has 0 bridgehead atoms. The average Bonchev–Trinajstić information content (AvgIpc) is 3.71. The molecule has 256 valence electrons. The van der Waals surface area contributed by atoms with Crippen LogP contribution in [0.4, 0.5) is 11.5 Å². The van der Waals surface area contributed by atoms with Gasteiger partial charge in [-0.25, -0.2) is 0 Å². The van der Waals surface area contributed by atoms with Crippen molar-refractivity contribution in [2.75, 3.05) is 18.4 Å². The number of aliphatic hydroxyl groups is 1. The molecule has 3 amide bonds. The number of fused-ring (bicyclic) bond motifs is 2. The molecule has 5 aromatic rings. The van der Waals surface area contributed by atoms with Crippen LogP contribution in [-0.2, 0) is 9.22 Å². The normalized spacial score (nSPS) is 20.0. The molecule has 50 heavy (non-hydrogen) atoms. The fourth-order valence-corrected chi connectivity index (χ4v) is 9.74. The predicted molar refractivity (Wildman–Crippen MR) is 184 cm³/mol. The Morgan fingerprint density at radius 1 is 0.920 bits per heavy atom. The maximum atomic E-state index is 13.2. The fourth-order valence-electron chi connectivity index (χ4n) is 7.15. The molecular weight excluding hydrogens is 745 g/mol. The van der Waals surface area contributed by atoms with Crippen LogP contribution in [0.1, 0.15) is 69.0 Å². The number of carbonyl (C=O) groups is 3. The molecule has 0 aliphatic carbocycles. The summed E-state index contributed by atoms with van der Waals surface area (Å²) in [4.78, 5) is 49.1. The van der Waals surface area contributed by atoms with Crippen LogP contribution < -0.4 is 32.1 Å². The first-order chi connectivity index (χ1) is 24.3. The van der Waals surface area contributed by atoms with Gasteiger partial charge in [-0.05, 0) is 13.0 Å². The second-order valence-electron chi connectivity index (χ2n) is 13.1. The molecule has 2 aromatic heterocycles. The number of hydrogen-bond donors (Lipinski definition) is 3. The monoisotopic (exact) mass is 782 g/mol. The summed E-state index contributed by atoms with van der Waals surface area (Å²) in [5.74, 6) is -0.138. The van der Waals surface area contributed by atoms with Crippen molar-refractivity contribution in [3.63, 3.8) is 0 Å². The third-order valence-electron chi connectivity index (χ3n) is 9.83. The van der Waals surface area contributed by atoms with E-state index in [9.17, 15) is 19.5 Å². The Labute approximate surface area is 300 Å². The van der Waals surface area contributed by atoms with Crippen molar-refractivity contribution in [3.05, 3.63) is 113 Å². The number of halogens is 1. The minimum Gasteiger partial charge on any atom is -0.0499 e. The summed E-state index contributed by atoms with van der Waals surface area (Å²) < 4.78 is 5.51. The molecule has 5 heterocycles. The van der Waals surface area contributed by atoms with Gasteiger partial charge in [-0.2, -0.15) is 0 Å². The Bertz CT molecular complexity index is 2110. The molecule has 0 spiro atoms. The maximum absolute atomic E-state index is 13.2. The van der Waals surface area contributed by atoms with Crippen molar-refractivity contribution >= 4 is 34.9 Å². The number of amides is 3. The minimum absolute atomic E-state index is 0.254. The van der Waals surface area contributed by atoms with Crippen LogP contribution in [0, 0.1) is 6.92 Å². The van der Waals surface area contributed by atoms with Crippen molar-refractivity contribution in [2.24, 2.45) is 0 Å². The molecular formula is C38H37IN7O4-. The molecule has 2 unspecified atom stereocenters. The molecule has 2 fully saturated rings. The van der Waals surface area contributed by atoms with Crippen molar-refractivity contribution in [2.45, 2.75) is 55.2 Å². The number of rotatable bonds is 8. The smallest absolute Gasteiger partial charge is 0.0499 e. The van der Waals surface area contributed by atoms with E-state index in [2.05, 4.69) is 78.6 Å². The van der Waals surface area contributed by atoms with E-state index in [4.69, 9.17) is 4.98 Å². The Hall–Kier alpha value is -4.66. The number of nitrogens with one attached hydrogen (secondary N) is 2. The molecule has 11 nitrogen and oxygen atoms in total. The van der Waals surface area contributed by atoms with Gasteiger partial charge < -0.3 is 0 Å². The van der Waals surface area contributed by atoms with Gasteiger partial charge >= 0.3 is 241 Å². The summed E-state index contributed by atoms with van der Waals surface area (Å²) in [5.41, 5.74) is 8.14. The zero-order valence-electron chi connectivity index (χ0n) is 27.6. The van der Waals surface area contributed by atoms with Gasteiger partial charge in [-0.3, -0.25) is 0 Å². The molecule has 3 aromatic carbocycles. The molecule has 0 radical (unpaired) electrons. The van der Waals surface area contributed by atoms with Crippen molar-refractivity contribution in [1.29, 1.82) is 0 Å². The number of aryl methyl sites for hydroxylation is 1. The summed E-state index contributed by atoms with van der Waals surface area (Å²) in [6, 6.07) is 21.7. The molecule has 0 saturated carbocycles. The van der Waals surface area contributed by atoms with Gasteiger partial charge in [0, 0.05) is 18.0 Å². The number of nitrogens with zero attached hydrogens (tertiary/aromatic N) is 5. The van der Waals surface area contributed by atoms with Gasteiger partial charge in [0.25, 0.3) is 0 Å². The Balaban J connectivity index is 0.855. The number of aromatic nitrogens is 3. The van der Waals surface area contributed by atoms with E-state index in [1.165, 1.54) is 11.1 Å². The van der Waals surface area contributed by atoms with Crippen LogP contribution >= 0.6 is 0 Å². The van der Waals surface area contributed by atoms with Crippen LogP contribution in [-0.4, -0.2) is 70.6 Å². The zero-order valence-corrected chi connectivity index (χ0v) is 29.7. The van der Waals surface area contributed by atoms with Crippen molar-refractivity contribution < 1.29 is 41.0 Å². The first-order valence-electron chi connectivity index (χ1n) is 16.9. The number of imide groups is 1. The van der Waals surface area contributed by atoms with Gasteiger partial charge in [0.1, 0.15) is 0 Å². The van der Waals surface area contributed by atoms with Gasteiger partial charge in [0.05, 0.1) is 5.69 Å². The predicted octanol–water partition coefficient (Wildman–Crippen LogP) is 2.02. The van der Waals surface area contributed by atoms with Crippen LogP contribution in [0.15, 0.2) is 85.3 Å². The van der Waals surface area contributed by atoms with E-state index in [1.807, 2.05) is 24.5 Å². The standard InChI is InChI=1S/C38H37IN7O4/c1-23-3-2-4-27(19-23)32-22-41-34(35-40-15-18-45(32)35)42-28-8-6-25(7-9-28)26-13-16-44(17-14-26)39-21-24-5-10-29-30(20-24)38(50)46(37(29)49)31-11-12-33(47)43-36(31)48/h2-10,15,18-20,22,26,31,33,47H,11-14,16-17,21H2,1H3,(H,41,42)(H,43,48)/q-1. The van der Waals surface area contributed by atoms with E-state index in [-0.39, 0.29) is 27.9 Å². The molecule has 3 aliphatic rings. The summed E-state index contributed by atoms with van der Waals surface area (Å²) in [5, 5.41) is 15.6. The number of piperidine rings is 2. The van der Waals surface area contributed by atoms with Gasteiger partial charge in [0.2, 0.25) is 0 Å². The summed E-state index contributed by atoms with van der Waals surface area (Å²) >= 11 is -0.292.